The average Bonchev–Trinajstić information content (AvgIpc) is 3.32. The van der Waals surface area contributed by atoms with E-state index in [1.807, 2.05) is 31.1 Å². The second kappa shape index (κ2) is 7.78. The molecule has 0 saturated carbocycles. The Labute approximate surface area is 163 Å². The molecular weight excluding hydrogens is 362 g/mol. The van der Waals surface area contributed by atoms with Crippen LogP contribution in [0.4, 0.5) is 4.79 Å². The van der Waals surface area contributed by atoms with Gasteiger partial charge in [0.05, 0.1) is 0 Å². The minimum Gasteiger partial charge on any atom is -0.454 e. The number of nitrogens with zero attached hydrogens (tertiary/aromatic N) is 2. The van der Waals surface area contributed by atoms with Crippen molar-refractivity contribution >= 4 is 17.4 Å². The number of ether oxygens (including phenoxy) is 2. The highest BCUT2D eigenvalue weighted by molar-refractivity contribution is 7.10. The van der Waals surface area contributed by atoms with E-state index in [4.69, 9.17) is 9.47 Å². The van der Waals surface area contributed by atoms with E-state index >= 15 is 0 Å². The molecule has 1 aromatic carbocycles. The minimum atomic E-state index is 0.0180. The fraction of sp³-hybridized carbons (Fsp3) is 0.450. The summed E-state index contributed by atoms with van der Waals surface area (Å²) in [6.07, 6.45) is 1.79. The van der Waals surface area contributed by atoms with Crippen LogP contribution in [0, 0.1) is 0 Å². The molecule has 6 nitrogen and oxygen atoms in total. The molecule has 1 atom stereocenters. The van der Waals surface area contributed by atoms with Gasteiger partial charge in [-0.15, -0.1) is 11.3 Å². The van der Waals surface area contributed by atoms with Gasteiger partial charge in [-0.05, 0) is 61.6 Å². The van der Waals surface area contributed by atoms with Gasteiger partial charge in [-0.25, -0.2) is 4.79 Å². The van der Waals surface area contributed by atoms with Crippen molar-refractivity contribution in [2.45, 2.75) is 25.4 Å². The fourth-order valence-electron chi connectivity index (χ4n) is 3.52. The minimum absolute atomic E-state index is 0.0180. The lowest BCUT2D eigenvalue weighted by atomic mass is 10.0. The third kappa shape index (κ3) is 4.04. The molecule has 0 saturated heterocycles. The molecule has 0 unspecified atom stereocenters. The van der Waals surface area contributed by atoms with E-state index in [0.29, 0.717) is 13.1 Å². The van der Waals surface area contributed by atoms with Gasteiger partial charge in [0, 0.05) is 30.6 Å². The molecule has 0 fully saturated rings. The van der Waals surface area contributed by atoms with Crippen LogP contribution < -0.4 is 14.8 Å². The summed E-state index contributed by atoms with van der Waals surface area (Å²) in [5.74, 6) is 1.60. The SMILES string of the molecule is CN(C)[C@H](CNC(=O)N1CCc2sccc2C1)Cc1ccc2c(c1)OCO2. The summed E-state index contributed by atoms with van der Waals surface area (Å²) in [5, 5.41) is 5.23. The molecule has 1 aromatic heterocycles. The molecule has 0 aliphatic carbocycles. The van der Waals surface area contributed by atoms with Crippen molar-refractivity contribution in [3.8, 4) is 11.5 Å². The third-order valence-electron chi connectivity index (χ3n) is 5.22. The number of benzene rings is 1. The van der Waals surface area contributed by atoms with Crippen LogP contribution in [0.2, 0.25) is 0 Å². The highest BCUT2D eigenvalue weighted by Crippen LogP contribution is 2.33. The number of urea groups is 1. The molecule has 4 rings (SSSR count). The number of amides is 2. The van der Waals surface area contributed by atoms with Crippen molar-refractivity contribution in [2.24, 2.45) is 0 Å². The molecule has 144 valence electrons. The topological polar surface area (TPSA) is 54.0 Å². The van der Waals surface area contributed by atoms with Crippen LogP contribution in [0.25, 0.3) is 0 Å². The maximum absolute atomic E-state index is 12.6. The molecule has 7 heteroatoms. The van der Waals surface area contributed by atoms with Gasteiger partial charge in [0.1, 0.15) is 0 Å². The zero-order valence-corrected chi connectivity index (χ0v) is 16.6. The van der Waals surface area contributed by atoms with Gasteiger partial charge < -0.3 is 24.6 Å². The van der Waals surface area contributed by atoms with Crippen molar-refractivity contribution in [3.63, 3.8) is 0 Å². The number of nitrogens with one attached hydrogen (secondary N) is 1. The second-order valence-electron chi connectivity index (χ2n) is 7.24. The fourth-order valence-corrected chi connectivity index (χ4v) is 4.41. The Morgan fingerprint density at radius 3 is 3.00 bits per heavy atom. The molecular formula is C20H25N3O3S. The zero-order chi connectivity index (χ0) is 18.8. The van der Waals surface area contributed by atoms with E-state index in [9.17, 15) is 4.79 Å². The molecule has 2 aromatic rings. The maximum Gasteiger partial charge on any atom is 0.317 e. The predicted octanol–water partition coefficient (Wildman–Crippen LogP) is 2.72. The molecule has 0 radical (unpaired) electrons. The second-order valence-corrected chi connectivity index (χ2v) is 8.24. The lowest BCUT2D eigenvalue weighted by molar-refractivity contribution is 0.174. The van der Waals surface area contributed by atoms with Gasteiger partial charge >= 0.3 is 6.03 Å². The van der Waals surface area contributed by atoms with Crippen molar-refractivity contribution in [2.75, 3.05) is 34.0 Å². The molecule has 0 spiro atoms. The van der Waals surface area contributed by atoms with E-state index in [2.05, 4.69) is 27.7 Å². The first-order valence-corrected chi connectivity index (χ1v) is 10.1. The Morgan fingerprint density at radius 2 is 2.15 bits per heavy atom. The quantitative estimate of drug-likeness (QED) is 0.857. The highest BCUT2D eigenvalue weighted by atomic mass is 32.1. The third-order valence-corrected chi connectivity index (χ3v) is 6.25. The van der Waals surface area contributed by atoms with Crippen molar-refractivity contribution in [1.29, 1.82) is 0 Å². The molecule has 2 aliphatic heterocycles. The van der Waals surface area contributed by atoms with Crippen LogP contribution in [-0.2, 0) is 19.4 Å². The van der Waals surface area contributed by atoms with Gasteiger partial charge in [0.15, 0.2) is 11.5 Å². The molecule has 2 amide bonds. The van der Waals surface area contributed by atoms with Gasteiger partial charge in [-0.2, -0.15) is 0 Å². The van der Waals surface area contributed by atoms with Crippen LogP contribution in [0.15, 0.2) is 29.6 Å². The van der Waals surface area contributed by atoms with Crippen molar-refractivity contribution in [1.82, 2.24) is 15.1 Å². The summed E-state index contributed by atoms with van der Waals surface area (Å²) >= 11 is 1.79. The normalized spacial score (nSPS) is 16.3. The smallest absolute Gasteiger partial charge is 0.317 e. The van der Waals surface area contributed by atoms with E-state index in [0.717, 1.165) is 30.9 Å². The molecule has 27 heavy (non-hydrogen) atoms. The number of carbonyl (C=O) groups excluding carboxylic acids is 1. The highest BCUT2D eigenvalue weighted by Gasteiger charge is 2.23. The Morgan fingerprint density at radius 1 is 1.30 bits per heavy atom. The van der Waals surface area contributed by atoms with Crippen molar-refractivity contribution < 1.29 is 14.3 Å². The van der Waals surface area contributed by atoms with Gasteiger partial charge in [-0.3, -0.25) is 0 Å². The van der Waals surface area contributed by atoms with Crippen molar-refractivity contribution in [3.05, 3.63) is 45.6 Å². The van der Waals surface area contributed by atoms with Crippen LogP contribution in [0.1, 0.15) is 16.0 Å². The number of likely N-dealkylation sites (N-methyl/N-ethyl adjacent to an activating group) is 1. The summed E-state index contributed by atoms with van der Waals surface area (Å²) in [6.45, 7) is 2.38. The lowest BCUT2D eigenvalue weighted by Crippen LogP contribution is -2.47. The van der Waals surface area contributed by atoms with Gasteiger partial charge in [-0.1, -0.05) is 6.07 Å². The summed E-state index contributed by atoms with van der Waals surface area (Å²) in [5.41, 5.74) is 2.46. The van der Waals surface area contributed by atoms with E-state index < -0.39 is 0 Å². The largest absolute Gasteiger partial charge is 0.454 e. The number of carbonyl (C=O) groups is 1. The van der Waals surface area contributed by atoms with E-state index in [1.54, 1.807) is 11.3 Å². The molecule has 2 aliphatic rings. The van der Waals surface area contributed by atoms with Crippen LogP contribution in [0.3, 0.4) is 0 Å². The predicted molar refractivity (Wildman–Crippen MR) is 106 cm³/mol. The summed E-state index contributed by atoms with van der Waals surface area (Å²) in [6, 6.07) is 8.40. The number of fused-ring (bicyclic) bond motifs is 2. The first-order valence-electron chi connectivity index (χ1n) is 9.23. The molecule has 3 heterocycles. The lowest BCUT2D eigenvalue weighted by Gasteiger charge is -2.30. The Balaban J connectivity index is 1.34. The number of hydrogen-bond acceptors (Lipinski definition) is 5. The summed E-state index contributed by atoms with van der Waals surface area (Å²) in [7, 11) is 4.09. The number of thiophene rings is 1. The average molecular weight is 388 g/mol. The van der Waals surface area contributed by atoms with E-state index in [1.165, 1.54) is 16.0 Å². The van der Waals surface area contributed by atoms with Crippen LogP contribution >= 0.6 is 11.3 Å². The monoisotopic (exact) mass is 387 g/mol. The summed E-state index contributed by atoms with van der Waals surface area (Å²) < 4.78 is 10.8. The Hall–Kier alpha value is -2.25. The first-order chi connectivity index (χ1) is 13.1. The zero-order valence-electron chi connectivity index (χ0n) is 15.7. The molecule has 1 N–H and O–H groups in total. The summed E-state index contributed by atoms with van der Waals surface area (Å²) in [4.78, 5) is 18.1. The van der Waals surface area contributed by atoms with E-state index in [-0.39, 0.29) is 18.9 Å². The van der Waals surface area contributed by atoms with Gasteiger partial charge in [0.2, 0.25) is 6.79 Å². The molecule has 0 bridgehead atoms. The van der Waals surface area contributed by atoms with Crippen LogP contribution in [-0.4, -0.2) is 55.9 Å². The van der Waals surface area contributed by atoms with Crippen LogP contribution in [0.5, 0.6) is 11.5 Å². The first kappa shape index (κ1) is 18.1. The maximum atomic E-state index is 12.6. The Kier molecular flexibility index (Phi) is 5.22. The number of hydrogen-bond donors (Lipinski definition) is 1. The Bertz CT molecular complexity index is 821. The number of rotatable bonds is 5. The standard InChI is InChI=1S/C20H25N3O3S/c1-22(2)16(9-14-3-4-17-18(10-14)26-13-25-17)11-21-20(24)23-7-5-19-15(12-23)6-8-27-19/h3-4,6,8,10,16H,5,7,9,11-13H2,1-2H3,(H,21,24)/t16-/m0/s1. The van der Waals surface area contributed by atoms with Gasteiger partial charge in [0.25, 0.3) is 0 Å².